The second-order valence-electron chi connectivity index (χ2n) is 41.9. The number of nitrogens with zero attached hydrogens (tertiary/aromatic N) is 11. The maximum atomic E-state index is 9.87. The number of rotatable bonds is 36. The maximum absolute atomic E-state index is 10.7. The summed E-state index contributed by atoms with van der Waals surface area (Å²) in [5.74, 6) is 4.77. The third-order valence-corrected chi connectivity index (χ3v) is 27.8. The third-order valence-electron chi connectivity index (χ3n) is 23.6. The van der Waals surface area contributed by atoms with E-state index in [0.29, 0.717) is 107 Å². The minimum atomic E-state index is -10.7. The first kappa shape index (κ1) is 128. The van der Waals surface area contributed by atoms with E-state index < -0.39 is 31.2 Å². The molecule has 0 spiro atoms. The normalized spacial score (nSPS) is 17.5. The number of nitrogens with two attached hydrogens (primary N) is 4. The van der Waals surface area contributed by atoms with Crippen LogP contribution in [0.1, 0.15) is 295 Å². The molecule has 0 amide bonds. The van der Waals surface area contributed by atoms with Crippen molar-refractivity contribution in [1.82, 2.24) is 19.9 Å². The summed E-state index contributed by atoms with van der Waals surface area (Å²) < 4.78 is 266. The first-order valence-corrected chi connectivity index (χ1v) is 60.6. The van der Waals surface area contributed by atoms with Crippen molar-refractivity contribution in [3.05, 3.63) is 78.9 Å². The van der Waals surface area contributed by atoms with Crippen LogP contribution in [-0.2, 0) is 0 Å². The van der Waals surface area contributed by atoms with Crippen LogP contribution in [0.3, 0.4) is 0 Å². The Bertz CT molecular complexity index is 5510. The Kier molecular flexibility index (Phi) is 43.3. The number of aromatic nitrogens is 4. The molecule has 5 aromatic carbocycles. The van der Waals surface area contributed by atoms with Crippen molar-refractivity contribution >= 4 is 166 Å². The summed E-state index contributed by atoms with van der Waals surface area (Å²) in [6.07, 6.45) is 40.5. The molecule has 9 aromatic rings. The molecule has 0 bridgehead atoms. The predicted molar refractivity (Wildman–Crippen MR) is 554 cm³/mol. The van der Waals surface area contributed by atoms with E-state index in [0.717, 1.165) is 111 Å². The molecule has 0 radical (unpaired) electrons. The van der Waals surface area contributed by atoms with Gasteiger partial charge in [-0.15, -0.1) is 0 Å². The fourth-order valence-corrected chi connectivity index (χ4v) is 21.9. The van der Waals surface area contributed by atoms with E-state index in [1.54, 1.807) is 34.0 Å². The minimum absolute atomic E-state index is 0.331. The van der Waals surface area contributed by atoms with E-state index in [1.165, 1.54) is 185 Å². The number of halogens is 24. The first-order chi connectivity index (χ1) is 67.0. The van der Waals surface area contributed by atoms with Crippen LogP contribution in [0, 0.1) is 34.0 Å². The van der Waals surface area contributed by atoms with E-state index >= 15 is 0 Å². The van der Waals surface area contributed by atoms with Crippen LogP contribution in [0.2, 0.25) is 0 Å². The molecular formula is C95H146F24N16O4P4S4. The van der Waals surface area contributed by atoms with Gasteiger partial charge in [-0.05, 0) is 187 Å². The average Bonchev–Trinajstić information content (AvgIpc) is 1.03. The molecule has 3 unspecified atom stereocenters. The molecule has 4 fully saturated rings. The van der Waals surface area contributed by atoms with Gasteiger partial charge in [-0.1, -0.05) is 263 Å². The average molecular weight is 2280 g/mol. The molecule has 4 aromatic heterocycles. The summed E-state index contributed by atoms with van der Waals surface area (Å²) in [5.41, 5.74) is 31.4. The zero-order chi connectivity index (χ0) is 111. The van der Waals surface area contributed by atoms with Crippen molar-refractivity contribution in [1.29, 1.82) is 0 Å². The fourth-order valence-electron chi connectivity index (χ4n) is 17.8. The van der Waals surface area contributed by atoms with Gasteiger partial charge >= 0.3 is 132 Å². The quantitative estimate of drug-likeness (QED) is 0.0106. The Morgan fingerprint density at radius 3 is 0.973 bits per heavy atom. The Morgan fingerprint density at radius 2 is 0.639 bits per heavy atom. The van der Waals surface area contributed by atoms with Crippen LogP contribution < -0.4 is 61.1 Å². The number of nitrogens with one attached hydrogen (secondary N) is 1. The van der Waals surface area contributed by atoms with Crippen molar-refractivity contribution < 1.29 is 142 Å². The van der Waals surface area contributed by atoms with E-state index in [2.05, 4.69) is 162 Å². The summed E-state index contributed by atoms with van der Waals surface area (Å²) in [7, 11) is -38.4. The van der Waals surface area contributed by atoms with Crippen LogP contribution in [0.4, 0.5) is 150 Å². The van der Waals surface area contributed by atoms with Crippen molar-refractivity contribution in [2.75, 3.05) is 60.5 Å². The number of hydrogen-bond donors (Lipinski definition) is 5. The monoisotopic (exact) mass is 2280 g/mol. The standard InChI is InChI=1S/C28H44N4OS.C23H30N4OS.2C22H34N4OS.4F6P/c1-20(19-28(2,3)4)15-16-33-25-17-24-26(18-23(25)31-29)34-27(30-24)32(21-11-7-5-8-12-21)22-13-9-6-10-14-22;1-16(15-23(2,3)4)11-12-28-20-13-19-21(14-18(20)26-24)29-22(25-19)27(5)17-9-7-6-8-10-17;1-15(14-22(2,3)4)10-11-27-19-12-18-20(13-17(19)26-23)28-21(25-18)24-16-8-6-5-7-9-16;1-3-4-5-6-7-11-14-27-20-15-19-21(16-18(20)25-23)28-22(24-19)26(2)17-12-9-8-10-13-17;4*1-7(2,3,4,5)6/h17-18,20-22,29H,5-16,19H2,1-4H3;6-10,13-14,16,24H,11-12,15H2,1-5H3;12-13,15-16,23H,5-11,14H2,1-4H3,(H,24,25);15-17,23H,3-14H2,1-2H3;;;;/q;;;;4*-1/p+4. The van der Waals surface area contributed by atoms with Crippen LogP contribution in [0.15, 0.2) is 99.3 Å². The molecule has 0 aliphatic heterocycles. The number of fused-ring (bicyclic) bond motifs is 4. The van der Waals surface area contributed by atoms with E-state index in [1.807, 2.05) is 73.0 Å². The molecule has 20 nitrogen and oxygen atoms in total. The van der Waals surface area contributed by atoms with Gasteiger partial charge in [-0.2, -0.15) is 22.1 Å². The Morgan fingerprint density at radius 1 is 0.361 bits per heavy atom. The second kappa shape index (κ2) is 49.7. The molecule has 4 heterocycles. The van der Waals surface area contributed by atoms with Crippen LogP contribution in [-0.4, -0.2) is 84.6 Å². The first-order valence-electron chi connectivity index (χ1n) is 49.2. The van der Waals surface area contributed by atoms with Crippen molar-refractivity contribution in [3.8, 4) is 23.0 Å². The zero-order valence-electron chi connectivity index (χ0n) is 85.9. The van der Waals surface area contributed by atoms with Crippen molar-refractivity contribution in [2.24, 2.45) is 54.5 Å². The Balaban J connectivity index is 0.000000275. The second-order valence-corrected chi connectivity index (χ2v) is 53.6. The van der Waals surface area contributed by atoms with E-state index in [9.17, 15) is 101 Å². The molecule has 3 atom stereocenters. The van der Waals surface area contributed by atoms with Gasteiger partial charge in [-0.3, -0.25) is 0 Å². The molecule has 842 valence electrons. The zero-order valence-corrected chi connectivity index (χ0v) is 92.7. The van der Waals surface area contributed by atoms with Crippen molar-refractivity contribution in [3.63, 3.8) is 0 Å². The molecule has 4 aliphatic carbocycles. The van der Waals surface area contributed by atoms with E-state index in [-0.39, 0.29) is 0 Å². The van der Waals surface area contributed by atoms with Gasteiger partial charge in [-0.25, -0.2) is 19.9 Å². The van der Waals surface area contributed by atoms with Gasteiger partial charge < -0.3 is 39.0 Å². The fraction of sp³-hybridized carbons (Fsp3) is 0.642. The predicted octanol–water partition coefficient (Wildman–Crippen LogP) is 38.1. The summed E-state index contributed by atoms with van der Waals surface area (Å²) in [6.45, 7) is 32.4. The van der Waals surface area contributed by atoms with E-state index in [4.69, 9.17) is 61.0 Å². The number of ether oxygens (including phenoxy) is 4. The molecule has 147 heavy (non-hydrogen) atoms. The van der Waals surface area contributed by atoms with Crippen LogP contribution in [0.25, 0.3) is 40.9 Å². The van der Waals surface area contributed by atoms with Crippen LogP contribution in [0.5, 0.6) is 23.0 Å². The summed E-state index contributed by atoms with van der Waals surface area (Å²) in [5, 5.41) is 23.7. The third kappa shape index (κ3) is 58.2. The molecule has 4 aliphatic rings. The van der Waals surface area contributed by atoms with Crippen molar-refractivity contribution in [2.45, 2.75) is 320 Å². The van der Waals surface area contributed by atoms with Gasteiger partial charge in [0.1, 0.15) is 0 Å². The molecule has 4 saturated carbocycles. The van der Waals surface area contributed by atoms with Gasteiger partial charge in [0, 0.05) is 68.2 Å². The molecule has 13 rings (SSSR count). The number of anilines is 5. The Labute approximate surface area is 859 Å². The number of thiazole rings is 4. The topological polar surface area (TPSA) is 262 Å². The molecule has 0 saturated heterocycles. The summed E-state index contributed by atoms with van der Waals surface area (Å²) in [4.78, 5) is 26.8. The number of hydrogen-bond acceptors (Lipinski definition) is 20. The molecular weight excluding hydrogens is 2140 g/mol. The molecule has 52 heteroatoms. The summed E-state index contributed by atoms with van der Waals surface area (Å²) >= 11 is 6.82. The van der Waals surface area contributed by atoms with Gasteiger partial charge in [0.2, 0.25) is 0 Å². The van der Waals surface area contributed by atoms with Gasteiger partial charge in [0.05, 0.1) is 67.3 Å². The number of benzene rings is 5. The number of para-hydroxylation sites is 1. The van der Waals surface area contributed by atoms with Gasteiger partial charge in [0.25, 0.3) is 0 Å². The molecule has 9 N–H and O–H groups in total. The summed E-state index contributed by atoms with van der Waals surface area (Å²) in [6, 6.07) is 28.7. The number of unbranched alkanes of at least 4 members (excludes halogenated alkanes) is 5. The van der Waals surface area contributed by atoms with Crippen LogP contribution >= 0.6 is 76.6 Å². The Hall–Kier alpha value is -7.50. The van der Waals surface area contributed by atoms with Gasteiger partial charge in [0.15, 0.2) is 66.3 Å². The SMILES string of the molecule is CC(CCOc1cc2nc(N(C)c3ccccc3)sc2cc1N=[NH2+])CC(C)(C)C.CC(CCOc1cc2nc(N(C3CCCCC3)C3CCCCC3)sc2cc1N=[NH2+])CC(C)(C)C.CC(CCOc1cc2nc(NC3CCCCC3)sc2cc1N=[NH2+])CC(C)(C)C.CCCCCCCCOc1cc2nc(N(C)C3CCCCC3)sc2cc1N=[NH2+].F[P-](F)(F)(F)(F)F.F[P-](F)(F)(F)(F)F.F[P-](F)(F)(F)(F)F.F[P-](F)(F)(F)(F)F.